The lowest BCUT2D eigenvalue weighted by Crippen LogP contribution is -2.62. The highest BCUT2D eigenvalue weighted by atomic mass is 32.3. The van der Waals surface area contributed by atoms with Crippen molar-refractivity contribution in [2.75, 3.05) is 13.2 Å². The summed E-state index contributed by atoms with van der Waals surface area (Å²) >= 11 is 0. The molecule has 0 radical (unpaired) electrons. The van der Waals surface area contributed by atoms with Crippen molar-refractivity contribution in [1.82, 2.24) is 0 Å². The van der Waals surface area contributed by atoms with Gasteiger partial charge >= 0.3 is 31.2 Å². The zero-order valence-corrected chi connectivity index (χ0v) is 19.7. The molecule has 0 aromatic rings. The Bertz CT molecular complexity index is 878. The van der Waals surface area contributed by atoms with Crippen molar-refractivity contribution in [2.45, 2.75) is 70.2 Å². The van der Waals surface area contributed by atoms with Crippen molar-refractivity contribution in [3.63, 3.8) is 0 Å². The highest BCUT2D eigenvalue weighted by molar-refractivity contribution is 7.81. The summed E-state index contributed by atoms with van der Waals surface area (Å²) in [7, 11) is -15.6. The molecule has 4 N–H and O–H groups in total. The average molecular weight is 533 g/mol. The zero-order valence-electron chi connectivity index (χ0n) is 17.2. The molecule has 0 aromatic heterocycles. The molecular formula is C14H28O15S3. The summed E-state index contributed by atoms with van der Waals surface area (Å²) in [6, 6.07) is 0. The molecule has 0 amide bonds. The first-order valence-electron chi connectivity index (χ1n) is 9.44. The van der Waals surface area contributed by atoms with Crippen molar-refractivity contribution in [3.05, 3.63) is 0 Å². The van der Waals surface area contributed by atoms with Crippen molar-refractivity contribution in [1.29, 1.82) is 0 Å². The van der Waals surface area contributed by atoms with Gasteiger partial charge in [0, 0.05) is 0 Å². The van der Waals surface area contributed by atoms with Gasteiger partial charge in [0.05, 0.1) is 13.2 Å². The summed E-state index contributed by atoms with van der Waals surface area (Å²) in [6.07, 6.45) is -7.22. The standard InChI is InChI=1S/C14H28O15S3/c1-3-5-9(6-4-2)7-25-14-13(29-32(22,23)24)12(28-31(19,20)21)11(15)10(27-14)8-26-30(16,17)18/h9-15H,3-8H2,1-2H3,(H,16,17,18)(H,19,20,21)(H,22,23,24)/t10-,11+,12+,13-,14-/m1/s1. The summed E-state index contributed by atoms with van der Waals surface area (Å²) in [5.41, 5.74) is 0. The second-order valence-electron chi connectivity index (χ2n) is 7.00. The highest BCUT2D eigenvalue weighted by Crippen LogP contribution is 2.30. The normalized spacial score (nSPS) is 27.7. The second kappa shape index (κ2) is 12.3. The predicted molar refractivity (Wildman–Crippen MR) is 104 cm³/mol. The van der Waals surface area contributed by atoms with Gasteiger partial charge in [-0.15, -0.1) is 0 Å². The van der Waals surface area contributed by atoms with Crippen LogP contribution in [0.4, 0.5) is 0 Å². The van der Waals surface area contributed by atoms with E-state index in [-0.39, 0.29) is 12.5 Å². The van der Waals surface area contributed by atoms with E-state index in [9.17, 15) is 30.4 Å². The third kappa shape index (κ3) is 11.1. The Morgan fingerprint density at radius 3 is 1.78 bits per heavy atom. The summed E-state index contributed by atoms with van der Waals surface area (Å²) in [4.78, 5) is 0. The maximum atomic E-state index is 11.3. The lowest BCUT2D eigenvalue weighted by molar-refractivity contribution is -0.293. The smallest absolute Gasteiger partial charge is 0.387 e. The van der Waals surface area contributed by atoms with Gasteiger partial charge in [0.1, 0.15) is 18.3 Å². The van der Waals surface area contributed by atoms with E-state index in [2.05, 4.69) is 12.5 Å². The van der Waals surface area contributed by atoms with Gasteiger partial charge in [-0.2, -0.15) is 25.3 Å². The van der Waals surface area contributed by atoms with Crippen LogP contribution in [0.5, 0.6) is 0 Å². The lowest BCUT2D eigenvalue weighted by Gasteiger charge is -2.42. The minimum Gasteiger partial charge on any atom is -0.387 e. The molecule has 15 nitrogen and oxygen atoms in total. The number of aliphatic hydroxyl groups is 1. The molecule has 1 saturated heterocycles. The van der Waals surface area contributed by atoms with Gasteiger partial charge in [0.2, 0.25) is 0 Å². The van der Waals surface area contributed by atoms with Crippen molar-refractivity contribution >= 4 is 31.2 Å². The molecule has 1 aliphatic rings. The molecule has 18 heteroatoms. The van der Waals surface area contributed by atoms with Gasteiger partial charge in [-0.05, 0) is 18.8 Å². The molecule has 32 heavy (non-hydrogen) atoms. The molecule has 5 atom stereocenters. The number of rotatable bonds is 14. The third-order valence-corrected chi connectivity index (χ3v) is 5.72. The van der Waals surface area contributed by atoms with E-state index in [4.69, 9.17) is 23.1 Å². The minimum absolute atomic E-state index is 0.0414. The van der Waals surface area contributed by atoms with Crippen LogP contribution in [0.25, 0.3) is 0 Å². The van der Waals surface area contributed by atoms with E-state index < -0.39 is 68.5 Å². The third-order valence-electron chi connectivity index (χ3n) is 4.36. The number of aliphatic hydroxyl groups excluding tert-OH is 1. The first-order chi connectivity index (χ1) is 14.6. The maximum absolute atomic E-state index is 11.3. The van der Waals surface area contributed by atoms with E-state index in [1.807, 2.05) is 13.8 Å². The molecule has 1 heterocycles. The van der Waals surface area contributed by atoms with Crippen LogP contribution in [0, 0.1) is 5.92 Å². The van der Waals surface area contributed by atoms with Gasteiger partial charge in [-0.25, -0.2) is 12.5 Å². The SMILES string of the molecule is CCCC(CCC)CO[C@@H]1O[C@H](COS(=O)(=O)O)[C@H](O)[C@H](OS(=O)(=O)O)[C@H]1OS(=O)(=O)O. The van der Waals surface area contributed by atoms with E-state index in [0.717, 1.165) is 12.8 Å². The molecule has 1 aliphatic heterocycles. The topological polar surface area (TPSA) is 229 Å². The molecule has 0 unspecified atom stereocenters. The first-order valence-corrected chi connectivity index (χ1v) is 13.5. The summed E-state index contributed by atoms with van der Waals surface area (Å²) in [6.45, 7) is 2.70. The Morgan fingerprint density at radius 1 is 0.844 bits per heavy atom. The summed E-state index contributed by atoms with van der Waals surface area (Å²) in [5, 5.41) is 10.3. The van der Waals surface area contributed by atoms with Crippen LogP contribution in [-0.2, 0) is 53.2 Å². The Morgan fingerprint density at radius 2 is 1.34 bits per heavy atom. The van der Waals surface area contributed by atoms with Gasteiger partial charge in [0.25, 0.3) is 0 Å². The number of hydrogen-bond acceptors (Lipinski definition) is 12. The van der Waals surface area contributed by atoms with Crippen molar-refractivity contribution < 1.29 is 66.0 Å². The quantitative estimate of drug-likeness (QED) is 0.207. The molecule has 1 rings (SSSR count). The fraction of sp³-hybridized carbons (Fsp3) is 1.00. The van der Waals surface area contributed by atoms with Crippen LogP contribution >= 0.6 is 0 Å². The average Bonchev–Trinajstić information content (AvgIpc) is 2.60. The maximum Gasteiger partial charge on any atom is 0.397 e. The fourth-order valence-electron chi connectivity index (χ4n) is 3.17. The Kier molecular flexibility index (Phi) is 11.3. The van der Waals surface area contributed by atoms with E-state index in [1.54, 1.807) is 0 Å². The van der Waals surface area contributed by atoms with E-state index >= 15 is 0 Å². The zero-order chi connectivity index (χ0) is 24.7. The Balaban J connectivity index is 3.25. The first kappa shape index (κ1) is 29.5. The van der Waals surface area contributed by atoms with Gasteiger partial charge in [-0.3, -0.25) is 13.7 Å². The monoisotopic (exact) mass is 532 g/mol. The van der Waals surface area contributed by atoms with Crippen LogP contribution in [0.15, 0.2) is 0 Å². The van der Waals surface area contributed by atoms with Gasteiger partial charge in [-0.1, -0.05) is 26.7 Å². The molecule has 1 fully saturated rings. The van der Waals surface area contributed by atoms with Crippen molar-refractivity contribution in [3.8, 4) is 0 Å². The van der Waals surface area contributed by atoms with Crippen LogP contribution in [-0.4, -0.2) is 87.9 Å². The minimum atomic E-state index is -5.32. The predicted octanol–water partition coefficient (Wildman–Crippen LogP) is -0.499. The molecular weight excluding hydrogens is 504 g/mol. The number of ether oxygens (including phenoxy) is 2. The molecule has 0 aliphatic carbocycles. The second-order valence-corrected chi connectivity index (χ2v) is 10.2. The van der Waals surface area contributed by atoms with Crippen LogP contribution in [0.1, 0.15) is 39.5 Å². The van der Waals surface area contributed by atoms with Crippen molar-refractivity contribution in [2.24, 2.45) is 5.92 Å². The van der Waals surface area contributed by atoms with Crippen LogP contribution in [0.2, 0.25) is 0 Å². The largest absolute Gasteiger partial charge is 0.397 e. The van der Waals surface area contributed by atoms with Crippen LogP contribution in [0.3, 0.4) is 0 Å². The molecule has 0 bridgehead atoms. The Hall–Kier alpha value is -0.510. The summed E-state index contributed by atoms with van der Waals surface area (Å²) < 4.78 is 117. The number of hydrogen-bond donors (Lipinski definition) is 4. The van der Waals surface area contributed by atoms with Gasteiger partial charge in [0.15, 0.2) is 12.4 Å². The van der Waals surface area contributed by atoms with Gasteiger partial charge < -0.3 is 14.6 Å². The molecule has 0 spiro atoms. The van der Waals surface area contributed by atoms with Crippen LogP contribution < -0.4 is 0 Å². The van der Waals surface area contributed by atoms with E-state index in [1.165, 1.54) is 0 Å². The highest BCUT2D eigenvalue weighted by Gasteiger charge is 2.51. The fourth-order valence-corrected chi connectivity index (χ4v) is 4.46. The Labute approximate surface area is 186 Å². The van der Waals surface area contributed by atoms with E-state index in [0.29, 0.717) is 12.8 Å². The molecule has 192 valence electrons. The lowest BCUT2D eigenvalue weighted by atomic mass is 9.98. The summed E-state index contributed by atoms with van der Waals surface area (Å²) in [5.74, 6) is -0.0414. The molecule has 0 aromatic carbocycles. The molecule has 0 saturated carbocycles.